The van der Waals surface area contributed by atoms with Crippen molar-refractivity contribution in [2.24, 2.45) is 0 Å². The zero-order chi connectivity index (χ0) is 17.2. The lowest BCUT2D eigenvalue weighted by molar-refractivity contribution is 0.125. The molecule has 6 nitrogen and oxygen atoms in total. The molecule has 2 aromatic heterocycles. The summed E-state index contributed by atoms with van der Waals surface area (Å²) in [6.45, 7) is 5.34. The average molecular weight is 328 g/mol. The Kier molecular flexibility index (Phi) is 7.17. The third-order valence-electron chi connectivity index (χ3n) is 3.47. The first-order valence-electron chi connectivity index (χ1n) is 7.93. The van der Waals surface area contributed by atoms with E-state index in [-0.39, 0.29) is 6.10 Å². The van der Waals surface area contributed by atoms with Crippen LogP contribution in [-0.2, 0) is 6.54 Å². The molecule has 6 heteroatoms. The van der Waals surface area contributed by atoms with Crippen molar-refractivity contribution in [3.63, 3.8) is 0 Å². The first-order valence-corrected chi connectivity index (χ1v) is 7.93. The lowest BCUT2D eigenvalue weighted by Crippen LogP contribution is -2.33. The first kappa shape index (κ1) is 17.9. The smallest absolute Gasteiger partial charge is 0.319 e. The van der Waals surface area contributed by atoms with Crippen molar-refractivity contribution in [2.75, 3.05) is 20.7 Å². The number of hydrogen-bond acceptors (Lipinski definition) is 6. The summed E-state index contributed by atoms with van der Waals surface area (Å²) in [5, 5.41) is 0. The van der Waals surface area contributed by atoms with Gasteiger partial charge in [0.2, 0.25) is 5.88 Å². The van der Waals surface area contributed by atoms with Crippen molar-refractivity contribution in [2.45, 2.75) is 25.5 Å². The molecule has 0 N–H and O–H groups in total. The summed E-state index contributed by atoms with van der Waals surface area (Å²) >= 11 is 0. The van der Waals surface area contributed by atoms with Gasteiger partial charge in [-0.1, -0.05) is 12.1 Å². The summed E-state index contributed by atoms with van der Waals surface area (Å²) in [6.07, 6.45) is 8.86. The van der Waals surface area contributed by atoms with Gasteiger partial charge in [-0.2, -0.15) is 4.98 Å². The van der Waals surface area contributed by atoms with Crippen LogP contribution in [0.4, 0.5) is 0 Å². The van der Waals surface area contributed by atoms with Gasteiger partial charge in [-0.3, -0.25) is 9.88 Å². The quantitative estimate of drug-likeness (QED) is 0.625. The maximum absolute atomic E-state index is 5.96. The molecule has 0 unspecified atom stereocenters. The minimum absolute atomic E-state index is 0.0308. The van der Waals surface area contributed by atoms with E-state index in [0.717, 1.165) is 25.9 Å². The Labute approximate surface area is 143 Å². The van der Waals surface area contributed by atoms with Crippen LogP contribution in [0.2, 0.25) is 0 Å². The lowest BCUT2D eigenvalue weighted by Gasteiger charge is -2.24. The first-order chi connectivity index (χ1) is 11.7. The molecular formula is C18H24N4O2. The summed E-state index contributed by atoms with van der Waals surface area (Å²) in [4.78, 5) is 14.7. The minimum Gasteiger partial charge on any atom is -0.481 e. The molecule has 1 atom stereocenters. The highest BCUT2D eigenvalue weighted by molar-refractivity contribution is 5.11. The summed E-state index contributed by atoms with van der Waals surface area (Å²) < 4.78 is 11.1. The summed E-state index contributed by atoms with van der Waals surface area (Å²) in [5.74, 6) is 0.492. The van der Waals surface area contributed by atoms with Gasteiger partial charge in [-0.05, 0) is 31.5 Å². The molecule has 0 bridgehead atoms. The molecule has 0 amide bonds. The van der Waals surface area contributed by atoms with E-state index in [0.29, 0.717) is 11.9 Å². The normalized spacial score (nSPS) is 12.0. The van der Waals surface area contributed by atoms with Gasteiger partial charge >= 0.3 is 6.01 Å². The van der Waals surface area contributed by atoms with Crippen molar-refractivity contribution >= 4 is 0 Å². The van der Waals surface area contributed by atoms with Crippen LogP contribution in [0.5, 0.6) is 11.9 Å². The number of rotatable bonds is 10. The van der Waals surface area contributed by atoms with Gasteiger partial charge in [-0.15, -0.1) is 6.58 Å². The molecule has 0 aliphatic carbocycles. The van der Waals surface area contributed by atoms with E-state index in [2.05, 4.69) is 39.5 Å². The van der Waals surface area contributed by atoms with Gasteiger partial charge in [0.1, 0.15) is 6.10 Å². The maximum Gasteiger partial charge on any atom is 0.319 e. The minimum atomic E-state index is -0.0308. The molecule has 24 heavy (non-hydrogen) atoms. The van der Waals surface area contributed by atoms with Crippen LogP contribution in [0.1, 0.15) is 18.4 Å². The molecule has 0 fully saturated rings. The van der Waals surface area contributed by atoms with E-state index in [4.69, 9.17) is 9.47 Å². The topological polar surface area (TPSA) is 60.4 Å². The van der Waals surface area contributed by atoms with Gasteiger partial charge in [0.05, 0.1) is 7.11 Å². The van der Waals surface area contributed by atoms with Gasteiger partial charge in [0.15, 0.2) is 0 Å². The number of likely N-dealkylation sites (N-methyl/N-ethyl adjacent to an activating group) is 1. The predicted octanol–water partition coefficient (Wildman–Crippen LogP) is 2.73. The molecule has 0 aliphatic heterocycles. The van der Waals surface area contributed by atoms with Crippen molar-refractivity contribution in [3.05, 3.63) is 55.0 Å². The van der Waals surface area contributed by atoms with Gasteiger partial charge in [-0.25, -0.2) is 4.98 Å². The molecule has 128 valence electrons. The standard InChI is InChI=1S/C18H24N4O2/c1-4-5-8-16(24-18-20-11-9-17(21-18)23-3)14-22(2)13-15-7-6-10-19-12-15/h4,6-7,9-12,16H,1,5,8,13-14H2,2-3H3/t16-/m1/s1. The Morgan fingerprint density at radius 1 is 1.33 bits per heavy atom. The van der Waals surface area contributed by atoms with Crippen LogP contribution in [0, 0.1) is 0 Å². The van der Waals surface area contributed by atoms with Crippen molar-refractivity contribution in [3.8, 4) is 11.9 Å². The third kappa shape index (κ3) is 5.96. The highest BCUT2D eigenvalue weighted by Gasteiger charge is 2.15. The van der Waals surface area contributed by atoms with Crippen LogP contribution >= 0.6 is 0 Å². The van der Waals surface area contributed by atoms with E-state index in [1.807, 2.05) is 18.3 Å². The highest BCUT2D eigenvalue weighted by Crippen LogP contribution is 2.14. The van der Waals surface area contributed by atoms with E-state index < -0.39 is 0 Å². The molecule has 2 aromatic rings. The van der Waals surface area contributed by atoms with Crippen LogP contribution in [0.3, 0.4) is 0 Å². The maximum atomic E-state index is 5.96. The van der Waals surface area contributed by atoms with Crippen LogP contribution in [0.25, 0.3) is 0 Å². The molecule has 0 aliphatic rings. The van der Waals surface area contributed by atoms with Crippen LogP contribution in [0.15, 0.2) is 49.4 Å². The fourth-order valence-electron chi connectivity index (χ4n) is 2.35. The molecular weight excluding hydrogens is 304 g/mol. The Hall–Kier alpha value is -2.47. The highest BCUT2D eigenvalue weighted by atomic mass is 16.5. The third-order valence-corrected chi connectivity index (χ3v) is 3.47. The Bertz CT molecular complexity index is 621. The molecule has 0 saturated heterocycles. The molecule has 0 spiro atoms. The second-order valence-corrected chi connectivity index (χ2v) is 5.55. The number of methoxy groups -OCH3 is 1. The van der Waals surface area contributed by atoms with Crippen molar-refractivity contribution in [1.29, 1.82) is 0 Å². The molecule has 2 heterocycles. The molecule has 2 rings (SSSR count). The largest absolute Gasteiger partial charge is 0.481 e. The molecule has 0 aromatic carbocycles. The lowest BCUT2D eigenvalue weighted by atomic mass is 10.1. The Balaban J connectivity index is 1.97. The van der Waals surface area contributed by atoms with Crippen LogP contribution < -0.4 is 9.47 Å². The fraction of sp³-hybridized carbons (Fsp3) is 0.389. The second-order valence-electron chi connectivity index (χ2n) is 5.55. The molecule has 0 saturated carbocycles. The predicted molar refractivity (Wildman–Crippen MR) is 93.0 cm³/mol. The average Bonchev–Trinajstić information content (AvgIpc) is 2.60. The van der Waals surface area contributed by atoms with Gasteiger partial charge < -0.3 is 9.47 Å². The van der Waals surface area contributed by atoms with E-state index in [9.17, 15) is 0 Å². The zero-order valence-electron chi connectivity index (χ0n) is 14.3. The molecule has 0 radical (unpaired) electrons. The number of ether oxygens (including phenoxy) is 2. The summed E-state index contributed by atoms with van der Waals surface area (Å²) in [6, 6.07) is 6.03. The van der Waals surface area contributed by atoms with Crippen LogP contribution in [-0.4, -0.2) is 46.7 Å². The Morgan fingerprint density at radius 3 is 2.92 bits per heavy atom. The van der Waals surface area contributed by atoms with E-state index >= 15 is 0 Å². The summed E-state index contributed by atoms with van der Waals surface area (Å²) in [7, 11) is 3.63. The number of nitrogens with zero attached hydrogens (tertiary/aromatic N) is 4. The second kappa shape index (κ2) is 9.62. The Morgan fingerprint density at radius 2 is 2.21 bits per heavy atom. The van der Waals surface area contributed by atoms with E-state index in [1.165, 1.54) is 5.56 Å². The summed E-state index contributed by atoms with van der Waals surface area (Å²) in [5.41, 5.74) is 1.17. The monoisotopic (exact) mass is 328 g/mol. The van der Waals surface area contributed by atoms with E-state index in [1.54, 1.807) is 25.6 Å². The van der Waals surface area contributed by atoms with Crippen molar-refractivity contribution < 1.29 is 9.47 Å². The number of aromatic nitrogens is 3. The fourth-order valence-corrected chi connectivity index (χ4v) is 2.35. The number of pyridine rings is 1. The van der Waals surface area contributed by atoms with Gasteiger partial charge in [0.25, 0.3) is 0 Å². The number of allylic oxidation sites excluding steroid dienone is 1. The SMILES string of the molecule is C=CCC[C@H](CN(C)Cc1cccnc1)Oc1nccc(OC)n1. The van der Waals surface area contributed by atoms with Crippen molar-refractivity contribution in [1.82, 2.24) is 19.9 Å². The zero-order valence-corrected chi connectivity index (χ0v) is 14.3. The number of hydrogen-bond donors (Lipinski definition) is 0. The van der Waals surface area contributed by atoms with Gasteiger partial charge in [0, 0.05) is 37.7 Å².